The van der Waals surface area contributed by atoms with Crippen molar-refractivity contribution in [2.75, 3.05) is 0 Å². The van der Waals surface area contributed by atoms with E-state index in [1.165, 1.54) is 25.7 Å². The molecule has 4 rings (SSSR count). The van der Waals surface area contributed by atoms with Crippen molar-refractivity contribution in [3.8, 4) is 11.5 Å². The van der Waals surface area contributed by atoms with Gasteiger partial charge >= 0.3 is 0 Å². The molecule has 0 spiro atoms. The molecule has 5 nitrogen and oxygen atoms in total. The fraction of sp³-hybridized carbons (Fsp3) is 0.500. The molecule has 0 unspecified atom stereocenters. The number of hydrogen-bond donors (Lipinski definition) is 1. The minimum absolute atomic E-state index is 0.152. The number of rotatable bonds is 4. The van der Waals surface area contributed by atoms with E-state index in [0.717, 1.165) is 17.9 Å². The third-order valence-electron chi connectivity index (χ3n) is 5.32. The van der Waals surface area contributed by atoms with Gasteiger partial charge in [0.25, 0.3) is 0 Å². The summed E-state index contributed by atoms with van der Waals surface area (Å²) in [6.07, 6.45) is 6.03. The van der Waals surface area contributed by atoms with Gasteiger partial charge in [-0.05, 0) is 43.2 Å². The lowest BCUT2D eigenvalue weighted by Crippen LogP contribution is -2.32. The van der Waals surface area contributed by atoms with Crippen molar-refractivity contribution in [1.82, 2.24) is 15.5 Å². The lowest BCUT2D eigenvalue weighted by atomic mass is 9.91. The smallest absolute Gasteiger partial charge is 0.247 e. The number of carbonyl (C=O) groups is 1. The lowest BCUT2D eigenvalue weighted by molar-refractivity contribution is -0.126. The first-order valence-electron chi connectivity index (χ1n) is 8.47. The molecular weight excluding hydrogens is 290 g/mol. The van der Waals surface area contributed by atoms with Crippen LogP contribution in [0.25, 0.3) is 11.5 Å². The highest BCUT2D eigenvalue weighted by Gasteiger charge is 2.42. The molecule has 5 heteroatoms. The normalized spacial score (nSPS) is 26.2. The Morgan fingerprint density at radius 3 is 2.87 bits per heavy atom. The third-order valence-corrected chi connectivity index (χ3v) is 5.32. The number of benzene rings is 1. The lowest BCUT2D eigenvalue weighted by Gasteiger charge is -2.17. The second-order valence-corrected chi connectivity index (χ2v) is 6.62. The number of nitrogens with zero attached hydrogens (tertiary/aromatic N) is 2. The number of fused-ring (bicyclic) bond motifs is 1. The van der Waals surface area contributed by atoms with Crippen LogP contribution in [-0.2, 0) is 11.3 Å². The molecule has 0 saturated heterocycles. The third kappa shape index (κ3) is 2.87. The van der Waals surface area contributed by atoms with E-state index in [2.05, 4.69) is 15.5 Å². The summed E-state index contributed by atoms with van der Waals surface area (Å²) >= 11 is 0. The van der Waals surface area contributed by atoms with E-state index >= 15 is 0 Å². The molecule has 2 fully saturated rings. The first kappa shape index (κ1) is 14.4. The summed E-state index contributed by atoms with van der Waals surface area (Å²) in [5.41, 5.74) is 0.891. The second kappa shape index (κ2) is 6.14. The van der Waals surface area contributed by atoms with Crippen LogP contribution in [0.4, 0.5) is 0 Å². The number of nitrogens with one attached hydrogen (secondary N) is 1. The molecule has 23 heavy (non-hydrogen) atoms. The average molecular weight is 311 g/mol. The SMILES string of the molecule is O=C(NCc1nnc(-c2ccccc2)o1)[C@H]1CC[C@@H]2CCC[C@@H]21. The molecule has 120 valence electrons. The molecule has 1 heterocycles. The van der Waals surface area contributed by atoms with E-state index in [0.29, 0.717) is 24.2 Å². The molecule has 2 saturated carbocycles. The predicted molar refractivity (Wildman–Crippen MR) is 85.1 cm³/mol. The first-order valence-corrected chi connectivity index (χ1v) is 8.47. The minimum atomic E-state index is 0.152. The van der Waals surface area contributed by atoms with E-state index in [1.54, 1.807) is 0 Å². The number of aromatic nitrogens is 2. The molecule has 0 bridgehead atoms. The van der Waals surface area contributed by atoms with Gasteiger partial charge in [0.2, 0.25) is 17.7 Å². The van der Waals surface area contributed by atoms with Gasteiger partial charge in [0, 0.05) is 11.5 Å². The van der Waals surface area contributed by atoms with E-state index in [4.69, 9.17) is 4.42 Å². The number of hydrogen-bond acceptors (Lipinski definition) is 4. The van der Waals surface area contributed by atoms with E-state index in [-0.39, 0.29) is 11.8 Å². The maximum Gasteiger partial charge on any atom is 0.247 e. The summed E-state index contributed by atoms with van der Waals surface area (Å²) in [5.74, 6) is 2.65. The fourth-order valence-electron chi connectivity index (χ4n) is 4.20. The zero-order valence-corrected chi connectivity index (χ0v) is 13.1. The summed E-state index contributed by atoms with van der Waals surface area (Å²) in [6.45, 7) is 0.312. The maximum atomic E-state index is 12.4. The van der Waals surface area contributed by atoms with Gasteiger partial charge in [0.15, 0.2) is 0 Å². The van der Waals surface area contributed by atoms with Crippen molar-refractivity contribution in [1.29, 1.82) is 0 Å². The Balaban J connectivity index is 1.36. The van der Waals surface area contributed by atoms with Crippen molar-refractivity contribution in [2.24, 2.45) is 17.8 Å². The summed E-state index contributed by atoms with van der Waals surface area (Å²) in [5, 5.41) is 11.1. The van der Waals surface area contributed by atoms with Gasteiger partial charge in [0.1, 0.15) is 0 Å². The van der Waals surface area contributed by atoms with Gasteiger partial charge in [-0.15, -0.1) is 10.2 Å². The van der Waals surface area contributed by atoms with Crippen LogP contribution in [0, 0.1) is 17.8 Å². The summed E-state index contributed by atoms with van der Waals surface area (Å²) in [7, 11) is 0. The Morgan fingerprint density at radius 2 is 2.00 bits per heavy atom. The molecule has 1 amide bonds. The molecule has 2 aliphatic rings. The van der Waals surface area contributed by atoms with Gasteiger partial charge in [-0.3, -0.25) is 4.79 Å². The first-order chi connectivity index (χ1) is 11.3. The second-order valence-electron chi connectivity index (χ2n) is 6.62. The Bertz CT molecular complexity index is 683. The van der Waals surface area contributed by atoms with Crippen molar-refractivity contribution in [2.45, 2.75) is 38.6 Å². The average Bonchev–Trinajstić information content (AvgIpc) is 3.29. The van der Waals surface area contributed by atoms with Gasteiger partial charge in [-0.2, -0.15) is 0 Å². The topological polar surface area (TPSA) is 68.0 Å². The van der Waals surface area contributed by atoms with Crippen molar-refractivity contribution in [3.05, 3.63) is 36.2 Å². The molecular formula is C18H21N3O2. The van der Waals surface area contributed by atoms with Gasteiger partial charge in [-0.1, -0.05) is 31.0 Å². The zero-order chi connectivity index (χ0) is 15.6. The Hall–Kier alpha value is -2.17. The summed E-state index contributed by atoms with van der Waals surface area (Å²) in [6, 6.07) is 9.65. The fourth-order valence-corrected chi connectivity index (χ4v) is 4.20. The van der Waals surface area contributed by atoms with Crippen LogP contribution in [0.5, 0.6) is 0 Å². The van der Waals surface area contributed by atoms with Gasteiger partial charge < -0.3 is 9.73 Å². The maximum absolute atomic E-state index is 12.4. The number of amides is 1. The summed E-state index contributed by atoms with van der Waals surface area (Å²) < 4.78 is 5.63. The molecule has 0 radical (unpaired) electrons. The van der Waals surface area contributed by atoms with Crippen LogP contribution in [0.1, 0.15) is 38.0 Å². The van der Waals surface area contributed by atoms with Gasteiger partial charge in [-0.25, -0.2) is 0 Å². The Labute approximate surface area is 135 Å². The quantitative estimate of drug-likeness (QED) is 0.941. The molecule has 1 aromatic heterocycles. The van der Waals surface area contributed by atoms with Crippen LogP contribution >= 0.6 is 0 Å². The Kier molecular flexibility index (Phi) is 3.85. The zero-order valence-electron chi connectivity index (χ0n) is 13.1. The van der Waals surface area contributed by atoms with E-state index in [1.807, 2.05) is 30.3 Å². The summed E-state index contributed by atoms with van der Waals surface area (Å²) in [4.78, 5) is 12.4. The Morgan fingerprint density at radius 1 is 1.13 bits per heavy atom. The molecule has 1 aromatic carbocycles. The molecule has 1 N–H and O–H groups in total. The van der Waals surface area contributed by atoms with Crippen LogP contribution in [0.3, 0.4) is 0 Å². The number of carbonyl (C=O) groups excluding carboxylic acids is 1. The van der Waals surface area contributed by atoms with Gasteiger partial charge in [0.05, 0.1) is 6.54 Å². The predicted octanol–water partition coefficient (Wildman–Crippen LogP) is 3.18. The standard InChI is InChI=1S/C18H21N3O2/c22-17(15-10-9-12-7-4-8-14(12)15)19-11-16-20-21-18(23-16)13-5-2-1-3-6-13/h1-3,5-6,12,14-15H,4,7-11H2,(H,19,22)/t12-,14-,15-/m0/s1. The van der Waals surface area contributed by atoms with E-state index < -0.39 is 0 Å². The highest BCUT2D eigenvalue weighted by atomic mass is 16.4. The van der Waals surface area contributed by atoms with Crippen LogP contribution < -0.4 is 5.32 Å². The highest BCUT2D eigenvalue weighted by Crippen LogP contribution is 2.47. The van der Waals surface area contributed by atoms with Crippen molar-refractivity contribution >= 4 is 5.91 Å². The monoisotopic (exact) mass is 311 g/mol. The van der Waals surface area contributed by atoms with Crippen LogP contribution in [0.2, 0.25) is 0 Å². The molecule has 2 aliphatic carbocycles. The van der Waals surface area contributed by atoms with Crippen molar-refractivity contribution in [3.63, 3.8) is 0 Å². The largest absolute Gasteiger partial charge is 0.419 e. The molecule has 2 aromatic rings. The highest BCUT2D eigenvalue weighted by molar-refractivity contribution is 5.79. The molecule has 0 aliphatic heterocycles. The molecule has 3 atom stereocenters. The van der Waals surface area contributed by atoms with Crippen LogP contribution in [-0.4, -0.2) is 16.1 Å². The van der Waals surface area contributed by atoms with E-state index in [9.17, 15) is 4.79 Å². The minimum Gasteiger partial charge on any atom is -0.419 e. The van der Waals surface area contributed by atoms with Crippen LogP contribution in [0.15, 0.2) is 34.7 Å². The van der Waals surface area contributed by atoms with Crippen molar-refractivity contribution < 1.29 is 9.21 Å².